The average molecular weight is 338 g/mol. The van der Waals surface area contributed by atoms with Gasteiger partial charge in [-0.3, -0.25) is 0 Å². The summed E-state index contributed by atoms with van der Waals surface area (Å²) in [6, 6.07) is 9.11. The van der Waals surface area contributed by atoms with Crippen molar-refractivity contribution in [3.05, 3.63) is 63.1 Å². The zero-order valence-corrected chi connectivity index (χ0v) is 12.2. The summed E-state index contributed by atoms with van der Waals surface area (Å²) in [5.74, 6) is -1.46. The maximum Gasteiger partial charge on any atom is 0.169 e. The topological polar surface area (TPSA) is 33.0 Å². The van der Waals surface area contributed by atoms with Gasteiger partial charge >= 0.3 is 0 Å². The fraction of sp³-hybridized carbons (Fsp3) is 0.133. The molecule has 0 aliphatic rings. The first kappa shape index (κ1) is 14.5. The summed E-state index contributed by atoms with van der Waals surface area (Å²) in [4.78, 5) is 0. The van der Waals surface area contributed by atoms with Crippen molar-refractivity contribution >= 4 is 15.9 Å². The van der Waals surface area contributed by atoms with Gasteiger partial charge in [-0.05, 0) is 52.2 Å². The van der Waals surface area contributed by atoms with Crippen LogP contribution in [0.25, 0.3) is 0 Å². The van der Waals surface area contributed by atoms with Crippen molar-refractivity contribution in [1.29, 1.82) is 5.26 Å². The molecule has 0 atom stereocenters. The van der Waals surface area contributed by atoms with E-state index in [-0.39, 0.29) is 16.8 Å². The highest BCUT2D eigenvalue weighted by atomic mass is 79.9. The normalized spacial score (nSPS) is 10.2. The number of halogens is 3. The first-order chi connectivity index (χ1) is 9.51. The number of benzene rings is 2. The summed E-state index contributed by atoms with van der Waals surface area (Å²) in [5.41, 5.74) is 2.27. The van der Waals surface area contributed by atoms with Gasteiger partial charge < -0.3 is 4.74 Å². The van der Waals surface area contributed by atoms with E-state index in [1.165, 1.54) is 0 Å². The van der Waals surface area contributed by atoms with Crippen LogP contribution in [-0.2, 0) is 6.61 Å². The van der Waals surface area contributed by atoms with Crippen molar-refractivity contribution in [3.8, 4) is 11.8 Å². The molecule has 0 aromatic heterocycles. The molecule has 2 nitrogen and oxygen atoms in total. The molecule has 2 aromatic carbocycles. The van der Waals surface area contributed by atoms with Gasteiger partial charge in [0.05, 0.1) is 16.1 Å². The largest absolute Gasteiger partial charge is 0.485 e. The summed E-state index contributed by atoms with van der Waals surface area (Å²) < 4.78 is 32.2. The molecule has 0 unspecified atom stereocenters. The molecule has 0 N–H and O–H groups in total. The van der Waals surface area contributed by atoms with E-state index in [1.54, 1.807) is 18.2 Å². The minimum atomic E-state index is -0.761. The van der Waals surface area contributed by atoms with Crippen LogP contribution in [0.2, 0.25) is 0 Å². The molecule has 5 heteroatoms. The molecule has 0 saturated heterocycles. The SMILES string of the molecule is Cc1cc(C#N)ccc1COc1c(F)cc(F)cc1Br. The van der Waals surface area contributed by atoms with Crippen molar-refractivity contribution < 1.29 is 13.5 Å². The van der Waals surface area contributed by atoms with Crippen LogP contribution in [0.4, 0.5) is 8.78 Å². The van der Waals surface area contributed by atoms with E-state index in [4.69, 9.17) is 10.00 Å². The number of rotatable bonds is 3. The van der Waals surface area contributed by atoms with Crippen LogP contribution in [0, 0.1) is 29.9 Å². The van der Waals surface area contributed by atoms with Crippen molar-refractivity contribution in [1.82, 2.24) is 0 Å². The molecule has 0 radical (unpaired) electrons. The van der Waals surface area contributed by atoms with Crippen molar-refractivity contribution in [3.63, 3.8) is 0 Å². The Balaban J connectivity index is 2.20. The van der Waals surface area contributed by atoms with Crippen LogP contribution in [-0.4, -0.2) is 0 Å². The molecular formula is C15H10BrF2NO. The highest BCUT2D eigenvalue weighted by molar-refractivity contribution is 9.10. The minimum Gasteiger partial charge on any atom is -0.485 e. The molecule has 20 heavy (non-hydrogen) atoms. The van der Waals surface area contributed by atoms with Gasteiger partial charge in [-0.25, -0.2) is 8.78 Å². The highest BCUT2D eigenvalue weighted by Crippen LogP contribution is 2.30. The number of hydrogen-bond donors (Lipinski definition) is 0. The number of nitriles is 1. The third-order valence-corrected chi connectivity index (χ3v) is 3.40. The zero-order chi connectivity index (χ0) is 14.7. The van der Waals surface area contributed by atoms with E-state index < -0.39 is 11.6 Å². The monoisotopic (exact) mass is 337 g/mol. The van der Waals surface area contributed by atoms with Crippen molar-refractivity contribution in [2.45, 2.75) is 13.5 Å². The lowest BCUT2D eigenvalue weighted by Gasteiger charge is -2.11. The number of nitrogens with zero attached hydrogens (tertiary/aromatic N) is 1. The molecule has 0 aliphatic heterocycles. The van der Waals surface area contributed by atoms with E-state index in [0.717, 1.165) is 23.3 Å². The van der Waals surface area contributed by atoms with E-state index in [9.17, 15) is 8.78 Å². The van der Waals surface area contributed by atoms with Crippen LogP contribution < -0.4 is 4.74 Å². The Hall–Kier alpha value is -1.93. The average Bonchev–Trinajstić information content (AvgIpc) is 2.39. The van der Waals surface area contributed by atoms with E-state index in [1.807, 2.05) is 13.0 Å². The van der Waals surface area contributed by atoms with Gasteiger partial charge in [0, 0.05) is 6.07 Å². The summed E-state index contributed by atoms with van der Waals surface area (Å²) in [6.45, 7) is 1.98. The third kappa shape index (κ3) is 3.14. The molecule has 0 bridgehead atoms. The standard InChI is InChI=1S/C15H10BrF2NO/c1-9-4-10(7-19)2-3-11(9)8-20-15-13(16)5-12(17)6-14(15)18/h2-6H,8H2,1H3. The van der Waals surface area contributed by atoms with Gasteiger partial charge in [-0.2, -0.15) is 5.26 Å². The second kappa shape index (κ2) is 6.02. The Morgan fingerprint density at radius 2 is 2.00 bits per heavy atom. The lowest BCUT2D eigenvalue weighted by molar-refractivity contribution is 0.286. The van der Waals surface area contributed by atoms with Crippen LogP contribution in [0.1, 0.15) is 16.7 Å². The van der Waals surface area contributed by atoms with Crippen LogP contribution >= 0.6 is 15.9 Å². The van der Waals surface area contributed by atoms with Crippen molar-refractivity contribution in [2.24, 2.45) is 0 Å². The second-order valence-electron chi connectivity index (χ2n) is 4.24. The molecule has 0 fully saturated rings. The minimum absolute atomic E-state index is 0.0323. The van der Waals surface area contributed by atoms with Gasteiger partial charge in [0.2, 0.25) is 0 Å². The maximum absolute atomic E-state index is 13.6. The predicted octanol–water partition coefficient (Wildman–Crippen LogP) is 4.49. The maximum atomic E-state index is 13.6. The Morgan fingerprint density at radius 3 is 2.60 bits per heavy atom. The van der Waals surface area contributed by atoms with E-state index in [2.05, 4.69) is 15.9 Å². The lowest BCUT2D eigenvalue weighted by Crippen LogP contribution is -2.01. The molecule has 102 valence electrons. The van der Waals surface area contributed by atoms with Crippen LogP contribution in [0.3, 0.4) is 0 Å². The summed E-state index contributed by atoms with van der Waals surface area (Å²) in [6.07, 6.45) is 0. The summed E-state index contributed by atoms with van der Waals surface area (Å²) in [5, 5.41) is 8.79. The second-order valence-corrected chi connectivity index (χ2v) is 5.09. The van der Waals surface area contributed by atoms with Crippen molar-refractivity contribution in [2.75, 3.05) is 0 Å². The zero-order valence-electron chi connectivity index (χ0n) is 10.6. The first-order valence-corrected chi connectivity index (χ1v) is 6.57. The quantitative estimate of drug-likeness (QED) is 0.826. The molecular weight excluding hydrogens is 328 g/mol. The number of ether oxygens (including phenoxy) is 1. The molecule has 2 aromatic rings. The Bertz CT molecular complexity index is 672. The third-order valence-electron chi connectivity index (χ3n) is 2.81. The summed E-state index contributed by atoms with van der Waals surface area (Å²) in [7, 11) is 0. The van der Waals surface area contributed by atoms with Crippen LogP contribution in [0.5, 0.6) is 5.75 Å². The Labute approximate surface area is 123 Å². The lowest BCUT2D eigenvalue weighted by atomic mass is 10.1. The molecule has 0 amide bonds. The molecule has 2 rings (SSSR count). The fourth-order valence-electron chi connectivity index (χ4n) is 1.74. The van der Waals surface area contributed by atoms with Crippen LogP contribution in [0.15, 0.2) is 34.8 Å². The molecule has 0 heterocycles. The molecule has 0 saturated carbocycles. The Kier molecular flexibility index (Phi) is 4.35. The van der Waals surface area contributed by atoms with Gasteiger partial charge in [0.15, 0.2) is 11.6 Å². The fourth-order valence-corrected chi connectivity index (χ4v) is 2.27. The van der Waals surface area contributed by atoms with E-state index in [0.29, 0.717) is 5.56 Å². The predicted molar refractivity (Wildman–Crippen MR) is 74.3 cm³/mol. The smallest absolute Gasteiger partial charge is 0.169 e. The van der Waals surface area contributed by atoms with Gasteiger partial charge in [-0.15, -0.1) is 0 Å². The Morgan fingerprint density at radius 1 is 1.25 bits per heavy atom. The summed E-state index contributed by atoms with van der Waals surface area (Å²) >= 11 is 3.06. The highest BCUT2D eigenvalue weighted by Gasteiger charge is 2.11. The van der Waals surface area contributed by atoms with Gasteiger partial charge in [-0.1, -0.05) is 6.07 Å². The number of aryl methyl sites for hydroxylation is 1. The van der Waals surface area contributed by atoms with Gasteiger partial charge in [0.25, 0.3) is 0 Å². The first-order valence-electron chi connectivity index (χ1n) is 5.78. The number of hydrogen-bond acceptors (Lipinski definition) is 2. The molecule has 0 aliphatic carbocycles. The molecule has 0 spiro atoms. The van der Waals surface area contributed by atoms with E-state index >= 15 is 0 Å². The van der Waals surface area contributed by atoms with Gasteiger partial charge in [0.1, 0.15) is 12.4 Å².